The van der Waals surface area contributed by atoms with Gasteiger partial charge in [0.15, 0.2) is 0 Å². The molecule has 0 aromatic carbocycles. The van der Waals surface area contributed by atoms with Gasteiger partial charge in [-0.25, -0.2) is 0 Å². The van der Waals surface area contributed by atoms with Gasteiger partial charge in [-0.1, -0.05) is 6.07 Å². The van der Waals surface area contributed by atoms with Crippen molar-refractivity contribution >= 4 is 11.4 Å². The molecule has 0 radical (unpaired) electrons. The third kappa shape index (κ3) is 5.35. The summed E-state index contributed by atoms with van der Waals surface area (Å²) >= 11 is -1.13. The van der Waals surface area contributed by atoms with Gasteiger partial charge in [0.2, 0.25) is 0 Å². The van der Waals surface area contributed by atoms with E-state index in [0.29, 0.717) is 12.8 Å². The zero-order valence-corrected chi connectivity index (χ0v) is 12.0. The molecule has 1 aromatic rings. The van der Waals surface area contributed by atoms with Crippen LogP contribution in [-0.2, 0) is 17.8 Å². The maximum atomic E-state index is 12.0. The van der Waals surface area contributed by atoms with Crippen LogP contribution in [-0.4, -0.2) is 32.0 Å². The Morgan fingerprint density at radius 3 is 2.67 bits per heavy atom. The van der Waals surface area contributed by atoms with Crippen molar-refractivity contribution in [2.75, 3.05) is 6.61 Å². The highest BCUT2D eigenvalue weighted by Crippen LogP contribution is 2.15. The van der Waals surface area contributed by atoms with Crippen molar-refractivity contribution in [1.82, 2.24) is 9.71 Å². The Kier molecular flexibility index (Phi) is 6.08. The van der Waals surface area contributed by atoms with Gasteiger partial charge in [0.25, 0.3) is 0 Å². The van der Waals surface area contributed by atoms with E-state index in [1.54, 1.807) is 6.20 Å². The number of hydrogen-bond acceptors (Lipinski definition) is 4. The van der Waals surface area contributed by atoms with Crippen molar-refractivity contribution in [2.45, 2.75) is 44.4 Å². The summed E-state index contributed by atoms with van der Waals surface area (Å²) in [5.74, 6) is 0. The molecular weight excluding hydrogens is 248 g/mol. The average Bonchev–Trinajstić information content (AvgIpc) is 2.29. The molecule has 0 amide bonds. The Morgan fingerprint density at radius 1 is 1.44 bits per heavy atom. The molecule has 0 aliphatic heterocycles. The zero-order chi connectivity index (χ0) is 13.6. The molecule has 5 heteroatoms. The van der Waals surface area contributed by atoms with Crippen molar-refractivity contribution < 1.29 is 9.66 Å². The van der Waals surface area contributed by atoms with Crippen LogP contribution in [0.5, 0.6) is 0 Å². The predicted molar refractivity (Wildman–Crippen MR) is 74.5 cm³/mol. The van der Waals surface area contributed by atoms with Crippen LogP contribution in [0.2, 0.25) is 0 Å². The molecule has 102 valence electrons. The summed E-state index contributed by atoms with van der Waals surface area (Å²) in [5.41, 5.74) is 0.939. The first-order valence-electron chi connectivity index (χ1n) is 6.12. The van der Waals surface area contributed by atoms with Gasteiger partial charge in [0, 0.05) is 36.3 Å². The van der Waals surface area contributed by atoms with Crippen LogP contribution in [0.15, 0.2) is 24.4 Å². The van der Waals surface area contributed by atoms with E-state index in [1.807, 2.05) is 39.0 Å². The fraction of sp³-hybridized carbons (Fsp3) is 0.615. The SMILES string of the molecule is CC(C)(C)[S@@+]([O-])N[C@@H](CCO)Cc1ccccn1. The lowest BCUT2D eigenvalue weighted by Crippen LogP contribution is -2.45. The summed E-state index contributed by atoms with van der Waals surface area (Å²) in [7, 11) is 0. The van der Waals surface area contributed by atoms with Gasteiger partial charge in [-0.15, -0.1) is 4.72 Å². The number of nitrogens with one attached hydrogen (secondary N) is 1. The Morgan fingerprint density at radius 2 is 2.17 bits per heavy atom. The Balaban J connectivity index is 2.60. The highest BCUT2D eigenvalue weighted by molar-refractivity contribution is 7.90. The van der Waals surface area contributed by atoms with Crippen LogP contribution >= 0.6 is 0 Å². The molecule has 0 spiro atoms. The summed E-state index contributed by atoms with van der Waals surface area (Å²) in [6.07, 6.45) is 2.98. The summed E-state index contributed by atoms with van der Waals surface area (Å²) < 4.78 is 14.8. The lowest BCUT2D eigenvalue weighted by Gasteiger charge is -2.27. The number of aliphatic hydroxyl groups excluding tert-OH is 1. The molecule has 0 bridgehead atoms. The first-order valence-corrected chi connectivity index (χ1v) is 7.27. The summed E-state index contributed by atoms with van der Waals surface area (Å²) in [5, 5.41) is 9.07. The van der Waals surface area contributed by atoms with Gasteiger partial charge in [-0.3, -0.25) is 4.98 Å². The van der Waals surface area contributed by atoms with Crippen LogP contribution in [0, 0.1) is 0 Å². The lowest BCUT2D eigenvalue weighted by molar-refractivity contribution is 0.270. The Hall–Kier alpha value is -0.620. The molecule has 2 atom stereocenters. The van der Waals surface area contributed by atoms with Gasteiger partial charge < -0.3 is 9.66 Å². The second-order valence-electron chi connectivity index (χ2n) is 5.23. The maximum Gasteiger partial charge on any atom is 0.136 e. The third-order valence-electron chi connectivity index (χ3n) is 2.49. The number of pyridine rings is 1. The van der Waals surface area contributed by atoms with E-state index < -0.39 is 11.4 Å². The van der Waals surface area contributed by atoms with E-state index in [4.69, 9.17) is 5.11 Å². The molecule has 0 unspecified atom stereocenters. The normalized spacial score (nSPS) is 15.4. The molecule has 0 saturated heterocycles. The summed E-state index contributed by atoms with van der Waals surface area (Å²) in [6.45, 7) is 5.85. The van der Waals surface area contributed by atoms with E-state index in [2.05, 4.69) is 9.71 Å². The molecular formula is C13H22N2O2S. The van der Waals surface area contributed by atoms with E-state index >= 15 is 0 Å². The number of aromatic nitrogens is 1. The molecule has 0 aliphatic rings. The Bertz CT molecular complexity index is 341. The van der Waals surface area contributed by atoms with Crippen LogP contribution in [0.4, 0.5) is 0 Å². The Labute approximate surface area is 112 Å². The number of aliphatic hydroxyl groups is 1. The van der Waals surface area contributed by atoms with Crippen LogP contribution in [0.3, 0.4) is 0 Å². The minimum atomic E-state index is -1.13. The highest BCUT2D eigenvalue weighted by Gasteiger charge is 2.29. The zero-order valence-electron chi connectivity index (χ0n) is 11.2. The second kappa shape index (κ2) is 7.09. The minimum absolute atomic E-state index is 0.0232. The minimum Gasteiger partial charge on any atom is -0.598 e. The predicted octanol–water partition coefficient (Wildman–Crippen LogP) is 1.43. The van der Waals surface area contributed by atoms with Gasteiger partial charge in [-0.05, 0) is 39.3 Å². The molecule has 1 rings (SSSR count). The van der Waals surface area contributed by atoms with E-state index in [0.717, 1.165) is 5.69 Å². The second-order valence-corrected chi connectivity index (χ2v) is 7.23. The number of hydrogen-bond donors (Lipinski definition) is 2. The van der Waals surface area contributed by atoms with Crippen LogP contribution < -0.4 is 4.72 Å². The van der Waals surface area contributed by atoms with Crippen LogP contribution in [0.1, 0.15) is 32.9 Å². The van der Waals surface area contributed by atoms with Crippen molar-refractivity contribution in [3.05, 3.63) is 30.1 Å². The van der Waals surface area contributed by atoms with Crippen molar-refractivity contribution in [3.63, 3.8) is 0 Å². The summed E-state index contributed by atoms with van der Waals surface area (Å²) in [4.78, 5) is 4.25. The lowest BCUT2D eigenvalue weighted by atomic mass is 10.1. The monoisotopic (exact) mass is 270 g/mol. The van der Waals surface area contributed by atoms with Crippen molar-refractivity contribution in [1.29, 1.82) is 0 Å². The van der Waals surface area contributed by atoms with Crippen LogP contribution in [0.25, 0.3) is 0 Å². The first-order chi connectivity index (χ1) is 8.43. The fourth-order valence-corrected chi connectivity index (χ4v) is 2.32. The standard InChI is InChI=1S/C13H22N2O2S/c1-13(2,3)18(17)15-12(7-9-16)10-11-6-4-5-8-14-11/h4-6,8,12,15-16H,7,9-10H2,1-3H3/t12-,18+/m0/s1. The van der Waals surface area contributed by atoms with E-state index in [9.17, 15) is 4.55 Å². The molecule has 4 nitrogen and oxygen atoms in total. The largest absolute Gasteiger partial charge is 0.598 e. The fourth-order valence-electron chi connectivity index (χ4n) is 1.46. The van der Waals surface area contributed by atoms with Gasteiger partial charge in [0.05, 0.1) is 6.04 Å². The first kappa shape index (κ1) is 15.4. The topological polar surface area (TPSA) is 68.2 Å². The smallest absolute Gasteiger partial charge is 0.136 e. The van der Waals surface area contributed by atoms with Gasteiger partial charge in [-0.2, -0.15) is 0 Å². The van der Waals surface area contributed by atoms with E-state index in [1.165, 1.54) is 0 Å². The summed E-state index contributed by atoms with van der Waals surface area (Å²) in [6, 6.07) is 5.71. The van der Waals surface area contributed by atoms with E-state index in [-0.39, 0.29) is 17.4 Å². The third-order valence-corrected chi connectivity index (χ3v) is 4.15. The van der Waals surface area contributed by atoms with Crippen molar-refractivity contribution in [2.24, 2.45) is 0 Å². The van der Waals surface area contributed by atoms with Gasteiger partial charge >= 0.3 is 0 Å². The maximum absolute atomic E-state index is 12.0. The average molecular weight is 270 g/mol. The van der Waals surface area contributed by atoms with Gasteiger partial charge in [0.1, 0.15) is 4.75 Å². The molecule has 1 aromatic heterocycles. The molecule has 18 heavy (non-hydrogen) atoms. The van der Waals surface area contributed by atoms with Crippen molar-refractivity contribution in [3.8, 4) is 0 Å². The molecule has 1 heterocycles. The number of nitrogens with zero attached hydrogens (tertiary/aromatic N) is 1. The molecule has 0 aliphatic carbocycles. The highest BCUT2D eigenvalue weighted by atomic mass is 32.2. The molecule has 0 saturated carbocycles. The quantitative estimate of drug-likeness (QED) is 0.767. The molecule has 0 fully saturated rings. The number of rotatable bonds is 6. The molecule has 2 N–H and O–H groups in total.